The van der Waals surface area contributed by atoms with E-state index in [1.165, 1.54) is 0 Å². The van der Waals surface area contributed by atoms with Gasteiger partial charge in [-0.05, 0) is 19.1 Å². The van der Waals surface area contributed by atoms with Crippen molar-refractivity contribution in [3.63, 3.8) is 0 Å². The second-order valence-electron chi connectivity index (χ2n) is 2.61. The first-order valence-electron chi connectivity index (χ1n) is 3.71. The van der Waals surface area contributed by atoms with Crippen LogP contribution in [0.2, 0.25) is 0 Å². The van der Waals surface area contributed by atoms with Gasteiger partial charge in [0.15, 0.2) is 0 Å². The van der Waals surface area contributed by atoms with E-state index >= 15 is 0 Å². The molecule has 1 rings (SSSR count). The number of aryl methyl sites for hydroxylation is 1. The van der Waals surface area contributed by atoms with Crippen molar-refractivity contribution < 1.29 is 39.5 Å². The van der Waals surface area contributed by atoms with Crippen molar-refractivity contribution >= 4 is 11.7 Å². The Kier molecular flexibility index (Phi) is 5.79. The van der Waals surface area contributed by atoms with Gasteiger partial charge in [-0.25, -0.2) is 0 Å². The topological polar surface area (TPSA) is 49.3 Å². The zero-order chi connectivity index (χ0) is 8.97. The monoisotopic (exact) mass is 188 g/mol. The Balaban J connectivity index is 0.00000144. The van der Waals surface area contributed by atoms with Crippen LogP contribution in [0.1, 0.15) is 5.56 Å². The molecule has 1 aromatic rings. The van der Waals surface area contributed by atoms with E-state index in [9.17, 15) is 4.79 Å². The first-order chi connectivity index (χ1) is 5.68. The largest absolute Gasteiger partial charge is 1.00 e. The first-order valence-corrected chi connectivity index (χ1v) is 3.71. The van der Waals surface area contributed by atoms with Gasteiger partial charge in [-0.15, -0.1) is 0 Å². The Labute approximate surface area is 99.4 Å². The summed E-state index contributed by atoms with van der Waals surface area (Å²) < 4.78 is 0. The number of hydrogen-bond acceptors (Lipinski definition) is 2. The van der Waals surface area contributed by atoms with Gasteiger partial charge in [0.25, 0.3) is 0 Å². The third-order valence-corrected chi connectivity index (χ3v) is 1.50. The molecule has 13 heavy (non-hydrogen) atoms. The van der Waals surface area contributed by atoms with Gasteiger partial charge in [0.05, 0.1) is 0 Å². The summed E-state index contributed by atoms with van der Waals surface area (Å²) in [6, 6.07) is 7.59. The number of nitrogens with one attached hydrogen (secondary N) is 1. The molecule has 0 spiro atoms. The molecule has 0 amide bonds. The van der Waals surface area contributed by atoms with Gasteiger partial charge in [-0.3, -0.25) is 4.79 Å². The molecule has 1 aromatic carbocycles. The van der Waals surface area contributed by atoms with Gasteiger partial charge in [0.2, 0.25) is 0 Å². The molecule has 2 N–H and O–H groups in total. The van der Waals surface area contributed by atoms with Crippen LogP contribution in [0.25, 0.3) is 0 Å². The average Bonchev–Trinajstić information content (AvgIpc) is 2.03. The predicted molar refractivity (Wildman–Crippen MR) is 47.3 cm³/mol. The Bertz CT molecular complexity index is 271. The number of aliphatic carboxylic acids is 1. The minimum Gasteiger partial charge on any atom is -0.480 e. The Morgan fingerprint density at radius 3 is 2.38 bits per heavy atom. The van der Waals surface area contributed by atoms with Crippen LogP contribution in [0.5, 0.6) is 0 Å². The van der Waals surface area contributed by atoms with Crippen LogP contribution in [0.3, 0.4) is 0 Å². The third-order valence-electron chi connectivity index (χ3n) is 1.50. The van der Waals surface area contributed by atoms with Crippen LogP contribution >= 0.6 is 0 Å². The molecule has 0 aromatic heterocycles. The second-order valence-corrected chi connectivity index (χ2v) is 2.61. The van der Waals surface area contributed by atoms with Crippen molar-refractivity contribution in [2.75, 3.05) is 11.9 Å². The van der Waals surface area contributed by atoms with Crippen molar-refractivity contribution in [3.05, 3.63) is 29.8 Å². The fourth-order valence-corrected chi connectivity index (χ4v) is 0.849. The Morgan fingerprint density at radius 1 is 1.38 bits per heavy atom. The van der Waals surface area contributed by atoms with Crippen molar-refractivity contribution in [2.45, 2.75) is 6.92 Å². The maximum atomic E-state index is 10.2. The summed E-state index contributed by atoms with van der Waals surface area (Å²) in [4.78, 5) is 10.2. The fraction of sp³-hybridized carbons (Fsp3) is 0.222. The maximum Gasteiger partial charge on any atom is 1.00 e. The molecule has 0 heterocycles. The van der Waals surface area contributed by atoms with E-state index < -0.39 is 5.97 Å². The van der Waals surface area contributed by atoms with Gasteiger partial charge in [0, 0.05) is 5.69 Å². The number of carboxylic acid groups (broad SMARTS) is 1. The molecule has 0 saturated heterocycles. The van der Waals surface area contributed by atoms with E-state index in [1.54, 1.807) is 0 Å². The van der Waals surface area contributed by atoms with Gasteiger partial charge in [-0.2, -0.15) is 0 Å². The molecule has 0 aliphatic heterocycles. The van der Waals surface area contributed by atoms with Crippen LogP contribution < -0.4 is 34.9 Å². The standard InChI is InChI=1S/C9H11NO2.Na/c1-7-2-4-8(5-3-7)10-6-9(11)12;/h2-5,10H,6H2,1H3,(H,11,12);/q;+1. The molecule has 0 aliphatic rings. The van der Waals surface area contributed by atoms with Crippen LogP contribution in [0.4, 0.5) is 5.69 Å². The normalized spacial score (nSPS) is 8.69. The minimum absolute atomic E-state index is 0. The molecular formula is C9H11NNaO2+. The van der Waals surface area contributed by atoms with E-state index in [-0.39, 0.29) is 36.1 Å². The smallest absolute Gasteiger partial charge is 0.480 e. The third kappa shape index (κ3) is 4.93. The van der Waals surface area contributed by atoms with Gasteiger partial charge < -0.3 is 10.4 Å². The van der Waals surface area contributed by atoms with Crippen LogP contribution in [-0.4, -0.2) is 17.6 Å². The number of benzene rings is 1. The van der Waals surface area contributed by atoms with E-state index in [4.69, 9.17) is 5.11 Å². The van der Waals surface area contributed by atoms with Gasteiger partial charge in [-0.1, -0.05) is 17.7 Å². The quantitative estimate of drug-likeness (QED) is 0.567. The van der Waals surface area contributed by atoms with E-state index in [2.05, 4.69) is 5.32 Å². The molecule has 0 unspecified atom stereocenters. The summed E-state index contributed by atoms with van der Waals surface area (Å²) in [6.45, 7) is 1.95. The van der Waals surface area contributed by atoms with E-state index in [0.29, 0.717) is 0 Å². The number of anilines is 1. The molecule has 4 heteroatoms. The van der Waals surface area contributed by atoms with E-state index in [1.807, 2.05) is 31.2 Å². The average molecular weight is 188 g/mol. The van der Waals surface area contributed by atoms with Crippen molar-refractivity contribution in [3.8, 4) is 0 Å². The summed E-state index contributed by atoms with van der Waals surface area (Å²) in [6.07, 6.45) is 0. The van der Waals surface area contributed by atoms with Crippen molar-refractivity contribution in [1.82, 2.24) is 0 Å². The summed E-state index contributed by atoms with van der Waals surface area (Å²) in [5.74, 6) is -0.851. The minimum atomic E-state index is -0.851. The molecule has 3 nitrogen and oxygen atoms in total. The summed E-state index contributed by atoms with van der Waals surface area (Å²) >= 11 is 0. The molecule has 0 radical (unpaired) electrons. The summed E-state index contributed by atoms with van der Waals surface area (Å²) in [5.41, 5.74) is 2.00. The first kappa shape index (κ1) is 12.5. The molecule has 0 bridgehead atoms. The molecule has 64 valence electrons. The summed E-state index contributed by atoms with van der Waals surface area (Å²) in [7, 11) is 0. The molecule has 0 fully saturated rings. The number of rotatable bonds is 3. The Hall–Kier alpha value is -0.510. The second kappa shape index (κ2) is 6.02. The van der Waals surface area contributed by atoms with Crippen LogP contribution in [-0.2, 0) is 4.79 Å². The molecule has 0 saturated carbocycles. The zero-order valence-electron chi connectivity index (χ0n) is 7.87. The fourth-order valence-electron chi connectivity index (χ4n) is 0.849. The van der Waals surface area contributed by atoms with Crippen molar-refractivity contribution in [1.29, 1.82) is 0 Å². The molecule has 0 aliphatic carbocycles. The van der Waals surface area contributed by atoms with Crippen LogP contribution in [0.15, 0.2) is 24.3 Å². The molecular weight excluding hydrogens is 177 g/mol. The summed E-state index contributed by atoms with van der Waals surface area (Å²) in [5, 5.41) is 11.1. The number of carboxylic acids is 1. The van der Waals surface area contributed by atoms with Gasteiger partial charge in [0.1, 0.15) is 6.54 Å². The van der Waals surface area contributed by atoms with Crippen LogP contribution in [0, 0.1) is 6.92 Å². The zero-order valence-corrected chi connectivity index (χ0v) is 9.87. The number of carbonyl (C=O) groups is 1. The SMILES string of the molecule is Cc1ccc(NCC(=O)O)cc1.[Na+]. The van der Waals surface area contributed by atoms with Gasteiger partial charge >= 0.3 is 35.5 Å². The Morgan fingerprint density at radius 2 is 1.92 bits per heavy atom. The maximum absolute atomic E-state index is 10.2. The molecule has 0 atom stereocenters. The van der Waals surface area contributed by atoms with Crippen molar-refractivity contribution in [2.24, 2.45) is 0 Å². The van der Waals surface area contributed by atoms with E-state index in [0.717, 1.165) is 11.3 Å². The number of hydrogen-bond donors (Lipinski definition) is 2. The predicted octanol–water partition coefficient (Wildman–Crippen LogP) is -1.50.